The summed E-state index contributed by atoms with van der Waals surface area (Å²) in [6.07, 6.45) is 1.47. The number of anilines is 1. The summed E-state index contributed by atoms with van der Waals surface area (Å²) >= 11 is 6.78. The first-order valence-corrected chi connectivity index (χ1v) is 7.78. The predicted octanol–water partition coefficient (Wildman–Crippen LogP) is 2.61. The standard InChI is InChI=1S/C13H16Br2N2O2/c14-9-3-4-12(11(15)6-9)16-13(19)8-17-5-1-2-10(18)7-17/h3-4,6,10,18H,1-2,5,7-8H2,(H,16,19). The van der Waals surface area contributed by atoms with Crippen LogP contribution in [0.5, 0.6) is 0 Å². The van der Waals surface area contributed by atoms with Crippen molar-refractivity contribution < 1.29 is 9.90 Å². The predicted molar refractivity (Wildman–Crippen MR) is 82.2 cm³/mol. The first kappa shape index (κ1) is 15.0. The molecular weight excluding hydrogens is 376 g/mol. The van der Waals surface area contributed by atoms with Gasteiger partial charge in [0, 0.05) is 15.5 Å². The van der Waals surface area contributed by atoms with Crippen LogP contribution in [0.3, 0.4) is 0 Å². The fourth-order valence-electron chi connectivity index (χ4n) is 2.16. The fraction of sp³-hybridized carbons (Fsp3) is 0.462. The van der Waals surface area contributed by atoms with Crippen molar-refractivity contribution >= 4 is 43.5 Å². The first-order valence-electron chi connectivity index (χ1n) is 6.20. The molecule has 1 aliphatic heterocycles. The molecule has 0 radical (unpaired) electrons. The first-order chi connectivity index (χ1) is 9.04. The van der Waals surface area contributed by atoms with Crippen LogP contribution in [0, 0.1) is 0 Å². The van der Waals surface area contributed by atoms with Gasteiger partial charge in [0.2, 0.25) is 5.91 Å². The van der Waals surface area contributed by atoms with Gasteiger partial charge in [-0.3, -0.25) is 9.69 Å². The number of carbonyl (C=O) groups excluding carboxylic acids is 1. The summed E-state index contributed by atoms with van der Waals surface area (Å²) in [4.78, 5) is 13.9. The zero-order chi connectivity index (χ0) is 13.8. The molecule has 104 valence electrons. The SMILES string of the molecule is O=C(CN1CCCC(O)C1)Nc1ccc(Br)cc1Br. The maximum Gasteiger partial charge on any atom is 0.238 e. The number of benzene rings is 1. The topological polar surface area (TPSA) is 52.6 Å². The molecular formula is C13H16Br2N2O2. The third kappa shape index (κ3) is 4.56. The number of aliphatic hydroxyl groups excluding tert-OH is 1. The molecule has 0 bridgehead atoms. The summed E-state index contributed by atoms with van der Waals surface area (Å²) in [7, 11) is 0. The zero-order valence-corrected chi connectivity index (χ0v) is 13.6. The Morgan fingerprint density at radius 2 is 2.26 bits per heavy atom. The highest BCUT2D eigenvalue weighted by atomic mass is 79.9. The van der Waals surface area contributed by atoms with Gasteiger partial charge in [0.1, 0.15) is 0 Å². The second kappa shape index (κ2) is 6.83. The number of rotatable bonds is 3. The number of nitrogens with one attached hydrogen (secondary N) is 1. The van der Waals surface area contributed by atoms with Gasteiger partial charge >= 0.3 is 0 Å². The van der Waals surface area contributed by atoms with E-state index in [0.29, 0.717) is 13.1 Å². The molecule has 1 aromatic carbocycles. The van der Waals surface area contributed by atoms with Crippen molar-refractivity contribution in [2.45, 2.75) is 18.9 Å². The van der Waals surface area contributed by atoms with E-state index in [4.69, 9.17) is 0 Å². The highest BCUT2D eigenvalue weighted by molar-refractivity contribution is 9.11. The molecule has 1 aliphatic rings. The number of amides is 1. The smallest absolute Gasteiger partial charge is 0.238 e. The molecule has 1 unspecified atom stereocenters. The molecule has 1 fully saturated rings. The number of β-amino-alcohol motifs (C(OH)–C–C–N with tert-alkyl or cyclic N) is 1. The number of hydrogen-bond donors (Lipinski definition) is 2. The van der Waals surface area contributed by atoms with Crippen molar-refractivity contribution in [2.75, 3.05) is 25.0 Å². The average Bonchev–Trinajstić information content (AvgIpc) is 2.33. The minimum Gasteiger partial charge on any atom is -0.392 e. The molecule has 1 amide bonds. The minimum absolute atomic E-state index is 0.0582. The normalized spacial score (nSPS) is 20.3. The molecule has 6 heteroatoms. The summed E-state index contributed by atoms with van der Waals surface area (Å²) in [6, 6.07) is 5.61. The molecule has 1 heterocycles. The van der Waals surface area contributed by atoms with Crippen LogP contribution in [0.15, 0.2) is 27.1 Å². The second-order valence-electron chi connectivity index (χ2n) is 4.70. The monoisotopic (exact) mass is 390 g/mol. The highest BCUT2D eigenvalue weighted by Gasteiger charge is 2.19. The second-order valence-corrected chi connectivity index (χ2v) is 6.47. The lowest BCUT2D eigenvalue weighted by atomic mass is 10.1. The van der Waals surface area contributed by atoms with E-state index in [2.05, 4.69) is 37.2 Å². The van der Waals surface area contributed by atoms with E-state index in [0.717, 1.165) is 34.0 Å². The summed E-state index contributed by atoms with van der Waals surface area (Å²) < 4.78 is 1.80. The molecule has 4 nitrogen and oxygen atoms in total. The number of nitrogens with zero attached hydrogens (tertiary/aromatic N) is 1. The van der Waals surface area contributed by atoms with Gasteiger partial charge in [0.05, 0.1) is 18.3 Å². The maximum absolute atomic E-state index is 12.0. The van der Waals surface area contributed by atoms with E-state index in [1.54, 1.807) is 0 Å². The van der Waals surface area contributed by atoms with Crippen molar-refractivity contribution in [1.82, 2.24) is 4.90 Å². The number of halogens is 2. The van der Waals surface area contributed by atoms with Gasteiger partial charge in [0.15, 0.2) is 0 Å². The van der Waals surface area contributed by atoms with Crippen molar-refractivity contribution in [3.05, 3.63) is 27.1 Å². The summed E-state index contributed by atoms with van der Waals surface area (Å²) in [5, 5.41) is 12.4. The van der Waals surface area contributed by atoms with E-state index in [-0.39, 0.29) is 12.0 Å². The van der Waals surface area contributed by atoms with Crippen LogP contribution in [0.25, 0.3) is 0 Å². The van der Waals surface area contributed by atoms with E-state index in [1.165, 1.54) is 0 Å². The number of piperidine rings is 1. The van der Waals surface area contributed by atoms with Crippen molar-refractivity contribution in [3.8, 4) is 0 Å². The Labute approximate surface area is 129 Å². The van der Waals surface area contributed by atoms with Crippen LogP contribution in [0.4, 0.5) is 5.69 Å². The largest absolute Gasteiger partial charge is 0.392 e. The molecule has 1 atom stereocenters. The number of hydrogen-bond acceptors (Lipinski definition) is 3. The van der Waals surface area contributed by atoms with Crippen LogP contribution in [-0.2, 0) is 4.79 Å². The summed E-state index contributed by atoms with van der Waals surface area (Å²) in [5.74, 6) is -0.0582. The molecule has 2 rings (SSSR count). The van der Waals surface area contributed by atoms with E-state index < -0.39 is 0 Å². The van der Waals surface area contributed by atoms with Crippen molar-refractivity contribution in [2.24, 2.45) is 0 Å². The lowest BCUT2D eigenvalue weighted by Gasteiger charge is -2.29. The van der Waals surface area contributed by atoms with Crippen LogP contribution in [0.1, 0.15) is 12.8 Å². The number of aliphatic hydroxyl groups is 1. The Balaban J connectivity index is 1.90. The summed E-state index contributed by atoms with van der Waals surface area (Å²) in [6.45, 7) is 1.76. The van der Waals surface area contributed by atoms with E-state index in [9.17, 15) is 9.90 Å². The van der Waals surface area contributed by atoms with E-state index >= 15 is 0 Å². The Bertz CT molecular complexity index is 468. The average molecular weight is 392 g/mol. The zero-order valence-electron chi connectivity index (χ0n) is 10.4. The van der Waals surface area contributed by atoms with Gasteiger partial charge in [-0.05, 0) is 53.5 Å². The molecule has 0 saturated carbocycles. The maximum atomic E-state index is 12.0. The Hall–Kier alpha value is -0.430. The fourth-order valence-corrected chi connectivity index (χ4v) is 3.30. The van der Waals surface area contributed by atoms with Gasteiger partial charge in [-0.25, -0.2) is 0 Å². The van der Waals surface area contributed by atoms with Crippen LogP contribution in [-0.4, -0.2) is 41.7 Å². The van der Waals surface area contributed by atoms with Gasteiger partial charge < -0.3 is 10.4 Å². The van der Waals surface area contributed by atoms with Crippen molar-refractivity contribution in [3.63, 3.8) is 0 Å². The van der Waals surface area contributed by atoms with Crippen molar-refractivity contribution in [1.29, 1.82) is 0 Å². The van der Waals surface area contributed by atoms with E-state index in [1.807, 2.05) is 23.1 Å². The van der Waals surface area contributed by atoms with Crippen LogP contribution < -0.4 is 5.32 Å². The van der Waals surface area contributed by atoms with Gasteiger partial charge in [-0.1, -0.05) is 15.9 Å². The quantitative estimate of drug-likeness (QED) is 0.832. The molecule has 2 N–H and O–H groups in total. The lowest BCUT2D eigenvalue weighted by molar-refractivity contribution is -0.118. The molecule has 0 aliphatic carbocycles. The molecule has 1 saturated heterocycles. The highest BCUT2D eigenvalue weighted by Crippen LogP contribution is 2.26. The Morgan fingerprint density at radius 1 is 1.47 bits per heavy atom. The van der Waals surface area contributed by atoms with Crippen LogP contribution in [0.2, 0.25) is 0 Å². The lowest BCUT2D eigenvalue weighted by Crippen LogP contribution is -2.42. The Morgan fingerprint density at radius 3 is 2.95 bits per heavy atom. The Kier molecular flexibility index (Phi) is 5.38. The third-order valence-corrected chi connectivity index (χ3v) is 4.20. The van der Waals surface area contributed by atoms with Gasteiger partial charge in [0.25, 0.3) is 0 Å². The summed E-state index contributed by atoms with van der Waals surface area (Å²) in [5.41, 5.74) is 0.755. The third-order valence-electron chi connectivity index (χ3n) is 3.05. The van der Waals surface area contributed by atoms with Gasteiger partial charge in [-0.15, -0.1) is 0 Å². The minimum atomic E-state index is -0.305. The molecule has 1 aromatic rings. The molecule has 19 heavy (non-hydrogen) atoms. The van der Waals surface area contributed by atoms with Gasteiger partial charge in [-0.2, -0.15) is 0 Å². The van der Waals surface area contributed by atoms with Crippen LogP contribution >= 0.6 is 31.9 Å². The number of likely N-dealkylation sites (tertiary alicyclic amines) is 1. The number of carbonyl (C=O) groups is 1. The molecule has 0 aromatic heterocycles. The molecule has 0 spiro atoms.